The first-order valence-electron chi connectivity index (χ1n) is 5.22. The zero-order chi connectivity index (χ0) is 10.3. The van der Waals surface area contributed by atoms with Crippen LogP contribution in [0.4, 0.5) is 0 Å². The van der Waals surface area contributed by atoms with E-state index < -0.39 is 0 Å². The molecule has 1 aliphatic carbocycles. The Hall–Kier alpha value is -1.60. The highest BCUT2D eigenvalue weighted by Crippen LogP contribution is 2.31. The fourth-order valence-corrected chi connectivity index (χ4v) is 2.16. The van der Waals surface area contributed by atoms with Gasteiger partial charge in [0, 0.05) is 0 Å². The molecule has 15 heavy (non-hydrogen) atoms. The Kier molecular flexibility index (Phi) is 1.86. The van der Waals surface area contributed by atoms with Gasteiger partial charge in [-0.3, -0.25) is 0 Å². The minimum atomic E-state index is -0.338. The van der Waals surface area contributed by atoms with Crippen LogP contribution in [0.1, 0.15) is 23.7 Å². The Morgan fingerprint density at radius 2 is 1.80 bits per heavy atom. The average Bonchev–Trinajstić information content (AvgIpc) is 2.27. The van der Waals surface area contributed by atoms with Crippen molar-refractivity contribution in [3.05, 3.63) is 53.6 Å². The Labute approximate surface area is 88.7 Å². The molecule has 1 N–H and O–H groups in total. The zero-order valence-electron chi connectivity index (χ0n) is 8.35. The highest BCUT2D eigenvalue weighted by atomic mass is 16.3. The molecule has 0 aliphatic heterocycles. The lowest BCUT2D eigenvalue weighted by Crippen LogP contribution is -2.02. The second-order valence-corrected chi connectivity index (χ2v) is 3.98. The number of rotatable bonds is 0. The van der Waals surface area contributed by atoms with Crippen LogP contribution < -0.4 is 0 Å². The van der Waals surface area contributed by atoms with Gasteiger partial charge >= 0.3 is 0 Å². The summed E-state index contributed by atoms with van der Waals surface area (Å²) >= 11 is 0. The molecule has 3 rings (SSSR count). The van der Waals surface area contributed by atoms with Gasteiger partial charge in [0.25, 0.3) is 0 Å². The predicted molar refractivity (Wildman–Crippen MR) is 62.6 cm³/mol. The summed E-state index contributed by atoms with van der Waals surface area (Å²) in [6.07, 6.45) is 4.51. The first-order chi connectivity index (χ1) is 7.34. The van der Waals surface area contributed by atoms with Crippen LogP contribution in [0.5, 0.6) is 0 Å². The highest BCUT2D eigenvalue weighted by Gasteiger charge is 2.14. The van der Waals surface area contributed by atoms with E-state index in [9.17, 15) is 5.11 Å². The molecule has 0 radical (unpaired) electrons. The van der Waals surface area contributed by atoms with Crippen molar-refractivity contribution in [2.75, 3.05) is 0 Å². The summed E-state index contributed by atoms with van der Waals surface area (Å²) in [4.78, 5) is 0. The van der Waals surface area contributed by atoms with Gasteiger partial charge in [-0.1, -0.05) is 36.4 Å². The van der Waals surface area contributed by atoms with Crippen LogP contribution in [0, 0.1) is 0 Å². The van der Waals surface area contributed by atoms with Crippen molar-refractivity contribution in [1.82, 2.24) is 0 Å². The molecule has 0 bridgehead atoms. The Bertz CT molecular complexity index is 540. The fourth-order valence-electron chi connectivity index (χ4n) is 2.16. The summed E-state index contributed by atoms with van der Waals surface area (Å²) in [6, 6.07) is 12.5. The van der Waals surface area contributed by atoms with Gasteiger partial charge < -0.3 is 5.11 Å². The number of aliphatic hydroxyl groups is 1. The van der Waals surface area contributed by atoms with E-state index in [0.717, 1.165) is 17.5 Å². The molecule has 2 aromatic carbocycles. The van der Waals surface area contributed by atoms with E-state index in [1.54, 1.807) is 0 Å². The van der Waals surface area contributed by atoms with Crippen LogP contribution in [0.3, 0.4) is 0 Å². The van der Waals surface area contributed by atoms with Gasteiger partial charge in [0.15, 0.2) is 0 Å². The SMILES string of the molecule is OC1CC=Cc2cc3ccccc3cc21. The van der Waals surface area contributed by atoms with Gasteiger partial charge in [-0.2, -0.15) is 0 Å². The second-order valence-electron chi connectivity index (χ2n) is 3.98. The topological polar surface area (TPSA) is 20.2 Å². The van der Waals surface area contributed by atoms with Crippen molar-refractivity contribution in [3.8, 4) is 0 Å². The van der Waals surface area contributed by atoms with Crippen molar-refractivity contribution in [2.24, 2.45) is 0 Å². The molecule has 0 heterocycles. The van der Waals surface area contributed by atoms with Gasteiger partial charge in [-0.25, -0.2) is 0 Å². The summed E-state index contributed by atoms with van der Waals surface area (Å²) < 4.78 is 0. The maximum Gasteiger partial charge on any atom is 0.0830 e. The van der Waals surface area contributed by atoms with Crippen molar-refractivity contribution in [1.29, 1.82) is 0 Å². The Balaban J connectivity index is 2.33. The maximum absolute atomic E-state index is 9.87. The molecule has 1 heteroatoms. The van der Waals surface area contributed by atoms with Gasteiger partial charge in [0.2, 0.25) is 0 Å². The van der Waals surface area contributed by atoms with Crippen LogP contribution in [-0.4, -0.2) is 5.11 Å². The zero-order valence-corrected chi connectivity index (χ0v) is 8.35. The van der Waals surface area contributed by atoms with Crippen molar-refractivity contribution < 1.29 is 5.11 Å². The Morgan fingerprint density at radius 1 is 1.07 bits per heavy atom. The van der Waals surface area contributed by atoms with Crippen LogP contribution >= 0.6 is 0 Å². The van der Waals surface area contributed by atoms with Crippen molar-refractivity contribution >= 4 is 16.8 Å². The molecule has 1 nitrogen and oxygen atoms in total. The van der Waals surface area contributed by atoms with Crippen LogP contribution in [-0.2, 0) is 0 Å². The smallest absolute Gasteiger partial charge is 0.0830 e. The van der Waals surface area contributed by atoms with Crippen molar-refractivity contribution in [3.63, 3.8) is 0 Å². The lowest BCUT2D eigenvalue weighted by Gasteiger charge is -2.17. The van der Waals surface area contributed by atoms with E-state index in [1.165, 1.54) is 10.8 Å². The molecule has 1 unspecified atom stereocenters. The summed E-state index contributed by atoms with van der Waals surface area (Å²) in [5.41, 5.74) is 2.20. The van der Waals surface area contributed by atoms with Gasteiger partial charge in [-0.15, -0.1) is 0 Å². The lowest BCUT2D eigenvalue weighted by molar-refractivity contribution is 0.180. The molecule has 2 aromatic rings. The third kappa shape index (κ3) is 1.36. The van der Waals surface area contributed by atoms with Crippen LogP contribution in [0.2, 0.25) is 0 Å². The van der Waals surface area contributed by atoms with E-state index >= 15 is 0 Å². The molecular weight excluding hydrogens is 184 g/mol. The van der Waals surface area contributed by atoms with E-state index in [4.69, 9.17) is 0 Å². The van der Waals surface area contributed by atoms with Gasteiger partial charge in [0.05, 0.1) is 6.10 Å². The van der Waals surface area contributed by atoms with E-state index in [1.807, 2.05) is 18.2 Å². The van der Waals surface area contributed by atoms with E-state index in [0.29, 0.717) is 0 Å². The molecule has 0 spiro atoms. The van der Waals surface area contributed by atoms with Gasteiger partial charge in [-0.05, 0) is 40.5 Å². The maximum atomic E-state index is 9.87. The summed E-state index contributed by atoms with van der Waals surface area (Å²) in [5, 5.41) is 12.3. The number of hydrogen-bond acceptors (Lipinski definition) is 1. The molecule has 0 aromatic heterocycles. The molecule has 0 saturated carbocycles. The Morgan fingerprint density at radius 3 is 2.60 bits per heavy atom. The van der Waals surface area contributed by atoms with E-state index in [-0.39, 0.29) is 6.10 Å². The highest BCUT2D eigenvalue weighted by molar-refractivity contribution is 5.86. The average molecular weight is 196 g/mol. The number of hydrogen-bond donors (Lipinski definition) is 1. The van der Waals surface area contributed by atoms with Gasteiger partial charge in [0.1, 0.15) is 0 Å². The minimum Gasteiger partial charge on any atom is -0.388 e. The molecule has 1 aliphatic rings. The lowest BCUT2D eigenvalue weighted by atomic mass is 9.92. The molecule has 0 fully saturated rings. The summed E-state index contributed by atoms with van der Waals surface area (Å²) in [7, 11) is 0. The molecule has 0 saturated heterocycles. The second kappa shape index (κ2) is 3.21. The summed E-state index contributed by atoms with van der Waals surface area (Å²) in [6.45, 7) is 0. The standard InChI is InChI=1S/C14H12O/c15-14-7-3-6-12-8-10-4-1-2-5-11(10)9-13(12)14/h1-6,8-9,14-15H,7H2. The largest absolute Gasteiger partial charge is 0.388 e. The normalized spacial score (nSPS) is 19.1. The number of aliphatic hydroxyl groups excluding tert-OH is 1. The first kappa shape index (κ1) is 8.69. The number of benzene rings is 2. The first-order valence-corrected chi connectivity index (χ1v) is 5.22. The number of fused-ring (bicyclic) bond motifs is 2. The third-order valence-electron chi connectivity index (χ3n) is 2.97. The summed E-state index contributed by atoms with van der Waals surface area (Å²) in [5.74, 6) is 0. The quantitative estimate of drug-likeness (QED) is 0.685. The van der Waals surface area contributed by atoms with Crippen molar-refractivity contribution in [2.45, 2.75) is 12.5 Å². The third-order valence-corrected chi connectivity index (χ3v) is 2.97. The molecular formula is C14H12O. The molecule has 0 amide bonds. The van der Waals surface area contributed by atoms with E-state index in [2.05, 4.69) is 30.3 Å². The fraction of sp³-hybridized carbons (Fsp3) is 0.143. The monoisotopic (exact) mass is 196 g/mol. The van der Waals surface area contributed by atoms with Crippen LogP contribution in [0.15, 0.2) is 42.5 Å². The van der Waals surface area contributed by atoms with Crippen LogP contribution in [0.25, 0.3) is 16.8 Å². The molecule has 74 valence electrons. The predicted octanol–water partition coefficient (Wildman–Crippen LogP) is 3.29. The minimum absolute atomic E-state index is 0.338. The molecule has 1 atom stereocenters.